The predicted molar refractivity (Wildman–Crippen MR) is 92.6 cm³/mol. The Morgan fingerprint density at radius 3 is 2.42 bits per heavy atom. The van der Waals surface area contributed by atoms with Gasteiger partial charge in [0.15, 0.2) is 0 Å². The van der Waals surface area contributed by atoms with Crippen LogP contribution in [0.25, 0.3) is 0 Å². The Balaban J connectivity index is 1.89. The highest BCUT2D eigenvalue weighted by atomic mass is 19.4. The molecule has 1 aromatic heterocycles. The van der Waals surface area contributed by atoms with Gasteiger partial charge in [-0.2, -0.15) is 13.2 Å². The molecule has 1 fully saturated rings. The zero-order chi connectivity index (χ0) is 19.5. The number of likely N-dealkylation sites (tertiary alicyclic amines) is 1. The molecule has 0 radical (unpaired) electrons. The van der Waals surface area contributed by atoms with E-state index in [0.717, 1.165) is 18.9 Å². The first-order valence-electron chi connectivity index (χ1n) is 8.97. The molecule has 1 saturated heterocycles. The molecular weight excluding hydrogens is 345 g/mol. The van der Waals surface area contributed by atoms with E-state index in [1.165, 1.54) is 6.07 Å². The second-order valence-electron chi connectivity index (χ2n) is 8.00. The van der Waals surface area contributed by atoms with Gasteiger partial charge in [0.25, 0.3) is 0 Å². The maximum Gasteiger partial charge on any atom is 0.433 e. The van der Waals surface area contributed by atoms with Crippen LogP contribution in [0.15, 0.2) is 18.2 Å². The van der Waals surface area contributed by atoms with Crippen LogP contribution in [0.1, 0.15) is 51.9 Å². The molecule has 2 rings (SSSR count). The van der Waals surface area contributed by atoms with Crippen LogP contribution in [-0.4, -0.2) is 34.7 Å². The number of ether oxygens (including phenoxy) is 1. The Kier molecular flexibility index (Phi) is 6.19. The van der Waals surface area contributed by atoms with Crippen LogP contribution in [0.4, 0.5) is 18.0 Å². The van der Waals surface area contributed by atoms with E-state index < -0.39 is 17.5 Å². The molecule has 0 aromatic carbocycles. The van der Waals surface area contributed by atoms with E-state index in [0.29, 0.717) is 31.1 Å². The summed E-state index contributed by atoms with van der Waals surface area (Å²) in [6.45, 7) is 8.76. The Hall–Kier alpha value is -1.79. The molecule has 0 spiro atoms. The van der Waals surface area contributed by atoms with Crippen LogP contribution in [0, 0.1) is 11.8 Å². The standard InChI is InChI=1S/C19H27F3N2O2/c1-13(12-15-6-5-7-16(23-15)19(20,21)22)14-8-10-24(11-9-14)17(25)26-18(2,3)4/h5-7,13-14H,8-12H2,1-4H3. The van der Waals surface area contributed by atoms with Gasteiger partial charge in [-0.15, -0.1) is 0 Å². The quantitative estimate of drug-likeness (QED) is 0.756. The lowest BCUT2D eigenvalue weighted by atomic mass is 9.83. The van der Waals surface area contributed by atoms with Crippen molar-refractivity contribution in [2.24, 2.45) is 11.8 Å². The van der Waals surface area contributed by atoms with Gasteiger partial charge in [0.1, 0.15) is 11.3 Å². The Bertz CT molecular complexity index is 618. The molecule has 26 heavy (non-hydrogen) atoms. The Labute approximate surface area is 152 Å². The van der Waals surface area contributed by atoms with Gasteiger partial charge in [-0.25, -0.2) is 9.78 Å². The summed E-state index contributed by atoms with van der Waals surface area (Å²) in [6.07, 6.45) is -2.58. The molecule has 1 amide bonds. The van der Waals surface area contributed by atoms with Crippen molar-refractivity contribution < 1.29 is 22.7 Å². The van der Waals surface area contributed by atoms with Gasteiger partial charge in [-0.1, -0.05) is 13.0 Å². The summed E-state index contributed by atoms with van der Waals surface area (Å²) in [6, 6.07) is 4.04. The number of hydrogen-bond donors (Lipinski definition) is 0. The molecule has 1 aromatic rings. The van der Waals surface area contributed by atoms with Crippen molar-refractivity contribution >= 4 is 6.09 Å². The highest BCUT2D eigenvalue weighted by molar-refractivity contribution is 5.68. The molecule has 0 aliphatic carbocycles. The van der Waals surface area contributed by atoms with E-state index in [4.69, 9.17) is 4.74 Å². The fourth-order valence-electron chi connectivity index (χ4n) is 3.23. The topological polar surface area (TPSA) is 42.4 Å². The minimum atomic E-state index is -4.42. The Morgan fingerprint density at radius 2 is 1.88 bits per heavy atom. The van der Waals surface area contributed by atoms with Crippen LogP contribution >= 0.6 is 0 Å². The van der Waals surface area contributed by atoms with Crippen molar-refractivity contribution in [1.82, 2.24) is 9.88 Å². The summed E-state index contributed by atoms with van der Waals surface area (Å²) in [5.74, 6) is 0.553. The summed E-state index contributed by atoms with van der Waals surface area (Å²) in [5.41, 5.74) is -0.903. The summed E-state index contributed by atoms with van der Waals surface area (Å²) < 4.78 is 43.7. The van der Waals surface area contributed by atoms with Crippen molar-refractivity contribution in [3.8, 4) is 0 Å². The normalized spacial score (nSPS) is 17.9. The van der Waals surface area contributed by atoms with Crippen molar-refractivity contribution in [1.29, 1.82) is 0 Å². The van der Waals surface area contributed by atoms with Crippen LogP contribution in [0.3, 0.4) is 0 Å². The minimum absolute atomic E-state index is 0.201. The highest BCUT2D eigenvalue weighted by Gasteiger charge is 2.33. The lowest BCUT2D eigenvalue weighted by Crippen LogP contribution is -2.42. The molecule has 146 valence electrons. The van der Waals surface area contributed by atoms with Crippen molar-refractivity contribution in [3.63, 3.8) is 0 Å². The molecule has 0 N–H and O–H groups in total. The largest absolute Gasteiger partial charge is 0.444 e. The number of halogens is 3. The number of amides is 1. The zero-order valence-corrected chi connectivity index (χ0v) is 15.8. The van der Waals surface area contributed by atoms with Crippen LogP contribution in [0.5, 0.6) is 0 Å². The number of aromatic nitrogens is 1. The number of alkyl halides is 3. The van der Waals surface area contributed by atoms with Gasteiger partial charge < -0.3 is 9.64 Å². The number of pyridine rings is 1. The van der Waals surface area contributed by atoms with Crippen molar-refractivity contribution in [2.75, 3.05) is 13.1 Å². The Morgan fingerprint density at radius 1 is 1.27 bits per heavy atom. The first-order chi connectivity index (χ1) is 12.0. The summed E-state index contributed by atoms with van der Waals surface area (Å²) >= 11 is 0. The monoisotopic (exact) mass is 372 g/mol. The third-order valence-corrected chi connectivity index (χ3v) is 4.62. The molecule has 0 saturated carbocycles. The zero-order valence-electron chi connectivity index (χ0n) is 15.8. The lowest BCUT2D eigenvalue weighted by Gasteiger charge is -2.35. The number of rotatable bonds is 3. The average molecular weight is 372 g/mol. The van der Waals surface area contributed by atoms with E-state index in [9.17, 15) is 18.0 Å². The van der Waals surface area contributed by atoms with E-state index in [1.54, 1.807) is 11.0 Å². The maximum atomic E-state index is 12.8. The second-order valence-corrected chi connectivity index (χ2v) is 8.00. The summed E-state index contributed by atoms with van der Waals surface area (Å²) in [4.78, 5) is 17.6. The van der Waals surface area contributed by atoms with Gasteiger partial charge in [0.2, 0.25) is 0 Å². The number of carbonyl (C=O) groups is 1. The number of piperidine rings is 1. The van der Waals surface area contributed by atoms with Gasteiger partial charge in [0, 0.05) is 18.8 Å². The van der Waals surface area contributed by atoms with Crippen molar-refractivity contribution in [3.05, 3.63) is 29.6 Å². The molecule has 1 atom stereocenters. The fourth-order valence-corrected chi connectivity index (χ4v) is 3.23. The van der Waals surface area contributed by atoms with E-state index in [2.05, 4.69) is 4.98 Å². The van der Waals surface area contributed by atoms with Crippen LogP contribution < -0.4 is 0 Å². The van der Waals surface area contributed by atoms with Crippen LogP contribution in [0.2, 0.25) is 0 Å². The van der Waals surface area contributed by atoms with Gasteiger partial charge in [-0.05, 0) is 64.0 Å². The molecule has 1 aliphatic heterocycles. The third-order valence-electron chi connectivity index (χ3n) is 4.62. The van der Waals surface area contributed by atoms with Gasteiger partial charge in [-0.3, -0.25) is 0 Å². The SMILES string of the molecule is CC(Cc1cccc(C(F)(F)F)n1)C1CCN(C(=O)OC(C)(C)C)CC1. The minimum Gasteiger partial charge on any atom is -0.444 e. The maximum absolute atomic E-state index is 12.8. The molecule has 4 nitrogen and oxygen atoms in total. The fraction of sp³-hybridized carbons (Fsp3) is 0.684. The second kappa shape index (κ2) is 7.84. The lowest BCUT2D eigenvalue weighted by molar-refractivity contribution is -0.141. The highest BCUT2D eigenvalue weighted by Crippen LogP contribution is 2.30. The van der Waals surface area contributed by atoms with E-state index >= 15 is 0 Å². The van der Waals surface area contributed by atoms with E-state index in [-0.39, 0.29) is 12.0 Å². The predicted octanol–water partition coefficient (Wildman–Crippen LogP) is 4.93. The molecule has 7 heteroatoms. The summed E-state index contributed by atoms with van der Waals surface area (Å²) in [5, 5.41) is 0. The molecule has 0 bridgehead atoms. The smallest absolute Gasteiger partial charge is 0.433 e. The molecule has 1 unspecified atom stereocenters. The van der Waals surface area contributed by atoms with Crippen LogP contribution in [-0.2, 0) is 17.3 Å². The number of nitrogens with zero attached hydrogens (tertiary/aromatic N) is 2. The third kappa shape index (κ3) is 5.88. The summed E-state index contributed by atoms with van der Waals surface area (Å²) in [7, 11) is 0. The number of hydrogen-bond acceptors (Lipinski definition) is 3. The van der Waals surface area contributed by atoms with Crippen molar-refractivity contribution in [2.45, 2.75) is 58.7 Å². The molecule has 2 heterocycles. The van der Waals surface area contributed by atoms with E-state index in [1.807, 2.05) is 27.7 Å². The first-order valence-corrected chi connectivity index (χ1v) is 8.97. The molecular formula is C19H27F3N2O2. The molecule has 1 aliphatic rings. The first kappa shape index (κ1) is 20.5. The number of carbonyl (C=O) groups excluding carboxylic acids is 1. The van der Waals surface area contributed by atoms with Gasteiger partial charge >= 0.3 is 12.3 Å². The average Bonchev–Trinajstić information content (AvgIpc) is 2.53. The van der Waals surface area contributed by atoms with Gasteiger partial charge in [0.05, 0.1) is 0 Å².